The van der Waals surface area contributed by atoms with Gasteiger partial charge in [-0.1, -0.05) is 249 Å². The van der Waals surface area contributed by atoms with Gasteiger partial charge in [-0.2, -0.15) is 0 Å². The van der Waals surface area contributed by atoms with Crippen LogP contribution in [0.4, 0.5) is 0 Å². The molecule has 0 aliphatic heterocycles. The number of hydrogen-bond donors (Lipinski definition) is 0. The average Bonchev–Trinajstić information content (AvgIpc) is 3.42. The Labute approximate surface area is 467 Å². The van der Waals surface area contributed by atoms with Crippen LogP contribution in [0.15, 0.2) is 158 Å². The van der Waals surface area contributed by atoms with E-state index in [-0.39, 0.29) is 44.0 Å². The third-order valence-corrected chi connectivity index (χ3v) is 12.3. The summed E-state index contributed by atoms with van der Waals surface area (Å²) in [5.74, 6) is -1.06. The van der Waals surface area contributed by atoms with E-state index in [9.17, 15) is 14.4 Å². The van der Waals surface area contributed by atoms with Crippen LogP contribution < -0.4 is 0 Å². The second-order valence-corrected chi connectivity index (χ2v) is 19.5. The lowest BCUT2D eigenvalue weighted by Gasteiger charge is -2.18. The Morgan fingerprint density at radius 3 is 0.921 bits per heavy atom. The van der Waals surface area contributed by atoms with Crippen molar-refractivity contribution in [2.24, 2.45) is 0 Å². The van der Waals surface area contributed by atoms with Crippen LogP contribution in [0.5, 0.6) is 0 Å². The maximum absolute atomic E-state index is 12.9. The predicted octanol–water partition coefficient (Wildman–Crippen LogP) is 20.9. The SMILES string of the molecule is CC/C=C\C/C=C\C/C=C\C/C=C\C/C=C\C/C=C\C/C=C\C/C=C\CCCCC(=O)OCC(COC(=O)CC/C=C\C/C=C\C/C=C\C/C=C\CC)OC(=O)CCCCCCCCC/C=C\CCCCCCCCC. The van der Waals surface area contributed by atoms with Crippen molar-refractivity contribution in [2.45, 2.75) is 252 Å². The largest absolute Gasteiger partial charge is 0.462 e. The highest BCUT2D eigenvalue weighted by molar-refractivity contribution is 5.71. The number of hydrogen-bond acceptors (Lipinski definition) is 6. The molecule has 0 rings (SSSR count). The first-order chi connectivity index (χ1) is 37.5. The lowest BCUT2D eigenvalue weighted by atomic mass is 10.1. The van der Waals surface area contributed by atoms with E-state index in [0.717, 1.165) is 109 Å². The topological polar surface area (TPSA) is 78.9 Å². The van der Waals surface area contributed by atoms with Crippen LogP contribution in [0.1, 0.15) is 245 Å². The summed E-state index contributed by atoms with van der Waals surface area (Å²) in [6.45, 7) is 6.29. The Morgan fingerprint density at radius 1 is 0.276 bits per heavy atom. The minimum Gasteiger partial charge on any atom is -0.462 e. The third kappa shape index (κ3) is 59.9. The zero-order valence-electron chi connectivity index (χ0n) is 48.7. The molecule has 0 aliphatic carbocycles. The zero-order valence-corrected chi connectivity index (χ0v) is 48.7. The fraction of sp³-hybridized carbons (Fsp3) is 0.586. The van der Waals surface area contributed by atoms with Crippen LogP contribution in [0.2, 0.25) is 0 Å². The van der Waals surface area contributed by atoms with Gasteiger partial charge in [0.25, 0.3) is 0 Å². The van der Waals surface area contributed by atoms with Gasteiger partial charge in [-0.3, -0.25) is 14.4 Å². The maximum Gasteiger partial charge on any atom is 0.306 e. The highest BCUT2D eigenvalue weighted by Crippen LogP contribution is 2.13. The van der Waals surface area contributed by atoms with Gasteiger partial charge in [-0.05, 0) is 135 Å². The van der Waals surface area contributed by atoms with Gasteiger partial charge in [0.1, 0.15) is 13.2 Å². The minimum absolute atomic E-state index is 0.131. The standard InChI is InChI=1S/C70H110O6/c1-4-7-10-13-16-19-22-25-27-29-31-32-33-34-35-36-37-38-39-41-42-45-48-51-54-57-60-63-69(72)75-66-67(65-74-68(71)62-59-56-53-50-47-44-24-21-18-15-12-9-6-3)76-70(73)64-61-58-55-52-49-46-43-40-30-28-26-23-20-17-14-11-8-5-2/h7,9-10,12,16,18-19,21,25,27-28,30-32,34-35,37-38,41-42,44,47-48,51,53,56,67H,4-6,8,11,13-15,17,20,22-24,26,29,33,36,39-40,43,45-46,49-50,52,54-55,57-66H2,1-3H3/b10-7-,12-9-,19-16-,21-18-,27-25-,30-28-,32-31-,35-34-,38-37-,42-41-,47-44-,51-48-,56-53-. The number of unbranched alkanes of at least 4 members (excludes halogenated alkanes) is 16. The van der Waals surface area contributed by atoms with Gasteiger partial charge in [0.05, 0.1) is 0 Å². The molecule has 0 spiro atoms. The van der Waals surface area contributed by atoms with E-state index in [1.165, 1.54) is 83.5 Å². The molecule has 426 valence electrons. The first kappa shape index (κ1) is 71.0. The molecule has 0 aromatic heterocycles. The van der Waals surface area contributed by atoms with Crippen molar-refractivity contribution in [3.63, 3.8) is 0 Å². The Hall–Kier alpha value is -4.97. The summed E-state index contributed by atoms with van der Waals surface area (Å²) in [6.07, 6.45) is 91.2. The highest BCUT2D eigenvalue weighted by Gasteiger charge is 2.19. The summed E-state index contributed by atoms with van der Waals surface area (Å²) in [5.41, 5.74) is 0. The molecule has 0 saturated carbocycles. The molecule has 0 aliphatic rings. The van der Waals surface area contributed by atoms with Crippen LogP contribution in [-0.4, -0.2) is 37.2 Å². The Balaban J connectivity index is 4.50. The Bertz CT molecular complexity index is 1720. The van der Waals surface area contributed by atoms with Crippen LogP contribution in [0.25, 0.3) is 0 Å². The summed E-state index contributed by atoms with van der Waals surface area (Å²) in [6, 6.07) is 0. The van der Waals surface area contributed by atoms with Crippen molar-refractivity contribution in [2.75, 3.05) is 13.2 Å². The summed E-state index contributed by atoms with van der Waals surface area (Å²) in [7, 11) is 0. The van der Waals surface area contributed by atoms with Gasteiger partial charge in [-0.15, -0.1) is 0 Å². The minimum atomic E-state index is -0.835. The van der Waals surface area contributed by atoms with E-state index >= 15 is 0 Å². The zero-order chi connectivity index (χ0) is 55.0. The van der Waals surface area contributed by atoms with Gasteiger partial charge in [0.2, 0.25) is 0 Å². The average molecular weight is 1050 g/mol. The van der Waals surface area contributed by atoms with E-state index in [0.29, 0.717) is 19.3 Å². The normalized spacial score (nSPS) is 13.2. The summed E-state index contributed by atoms with van der Waals surface area (Å²) in [4.78, 5) is 38.2. The van der Waals surface area contributed by atoms with E-state index in [2.05, 4.69) is 167 Å². The van der Waals surface area contributed by atoms with Crippen molar-refractivity contribution in [3.8, 4) is 0 Å². The van der Waals surface area contributed by atoms with E-state index in [1.54, 1.807) is 0 Å². The van der Waals surface area contributed by atoms with E-state index in [4.69, 9.17) is 14.2 Å². The van der Waals surface area contributed by atoms with Crippen molar-refractivity contribution >= 4 is 17.9 Å². The molecule has 0 amide bonds. The van der Waals surface area contributed by atoms with E-state index < -0.39 is 6.10 Å². The number of allylic oxidation sites excluding steroid dienone is 26. The summed E-state index contributed by atoms with van der Waals surface area (Å²) in [5, 5.41) is 0. The van der Waals surface area contributed by atoms with Gasteiger partial charge >= 0.3 is 17.9 Å². The second kappa shape index (κ2) is 62.6. The molecule has 1 unspecified atom stereocenters. The smallest absolute Gasteiger partial charge is 0.306 e. The molecule has 0 saturated heterocycles. The first-order valence-electron chi connectivity index (χ1n) is 30.5. The Morgan fingerprint density at radius 2 is 0.539 bits per heavy atom. The fourth-order valence-corrected chi connectivity index (χ4v) is 7.76. The predicted molar refractivity (Wildman–Crippen MR) is 329 cm³/mol. The van der Waals surface area contributed by atoms with Gasteiger partial charge < -0.3 is 14.2 Å². The molecule has 6 heteroatoms. The maximum atomic E-state index is 12.9. The molecule has 0 N–H and O–H groups in total. The second-order valence-electron chi connectivity index (χ2n) is 19.5. The third-order valence-electron chi connectivity index (χ3n) is 12.3. The fourth-order valence-electron chi connectivity index (χ4n) is 7.76. The molecule has 0 radical (unpaired) electrons. The molecule has 0 aromatic rings. The number of carbonyl (C=O) groups excluding carboxylic acids is 3. The van der Waals surface area contributed by atoms with Crippen LogP contribution in [-0.2, 0) is 28.6 Å². The lowest BCUT2D eigenvalue weighted by Crippen LogP contribution is -2.30. The van der Waals surface area contributed by atoms with Crippen LogP contribution >= 0.6 is 0 Å². The van der Waals surface area contributed by atoms with Gasteiger partial charge in [0, 0.05) is 19.3 Å². The summed E-state index contributed by atoms with van der Waals surface area (Å²) >= 11 is 0. The highest BCUT2D eigenvalue weighted by atomic mass is 16.6. The number of ether oxygens (including phenoxy) is 3. The molecule has 0 heterocycles. The molecule has 76 heavy (non-hydrogen) atoms. The van der Waals surface area contributed by atoms with Crippen molar-refractivity contribution in [3.05, 3.63) is 158 Å². The van der Waals surface area contributed by atoms with Gasteiger partial charge in [0.15, 0.2) is 6.10 Å². The molecule has 1 atom stereocenters. The summed E-state index contributed by atoms with van der Waals surface area (Å²) < 4.78 is 16.8. The van der Waals surface area contributed by atoms with Crippen molar-refractivity contribution in [1.82, 2.24) is 0 Å². The number of rotatable bonds is 53. The number of esters is 3. The van der Waals surface area contributed by atoms with Crippen molar-refractivity contribution < 1.29 is 28.6 Å². The molecule has 0 fully saturated rings. The molecule has 6 nitrogen and oxygen atoms in total. The molecular formula is C70H110O6. The molecular weight excluding hydrogens is 937 g/mol. The molecule has 0 bridgehead atoms. The quantitative estimate of drug-likeness (QED) is 0.0261. The monoisotopic (exact) mass is 1050 g/mol. The molecule has 0 aromatic carbocycles. The van der Waals surface area contributed by atoms with E-state index in [1.807, 2.05) is 12.2 Å². The lowest BCUT2D eigenvalue weighted by molar-refractivity contribution is -0.166. The number of carbonyl (C=O) groups is 3. The first-order valence-corrected chi connectivity index (χ1v) is 30.5. The van der Waals surface area contributed by atoms with Crippen molar-refractivity contribution in [1.29, 1.82) is 0 Å². The Kier molecular flexibility index (Phi) is 58.5. The van der Waals surface area contributed by atoms with Crippen LogP contribution in [0.3, 0.4) is 0 Å². The van der Waals surface area contributed by atoms with Crippen LogP contribution in [0, 0.1) is 0 Å². The van der Waals surface area contributed by atoms with Gasteiger partial charge in [-0.25, -0.2) is 0 Å².